The normalized spacial score (nSPS) is 10.8. The number of hydrogen-bond donors (Lipinski definition) is 0. The first-order chi connectivity index (χ1) is 14.1. The lowest BCUT2D eigenvalue weighted by Crippen LogP contribution is -2.15. The molecule has 0 unspecified atom stereocenters. The largest absolute Gasteiger partial charge is 0.496 e. The Morgan fingerprint density at radius 1 is 1.14 bits per heavy atom. The smallest absolute Gasteiger partial charge is 0.339 e. The van der Waals surface area contributed by atoms with Gasteiger partial charge in [0.25, 0.3) is 5.71 Å². The number of aryl methyl sites for hydroxylation is 1. The number of thiophene rings is 1. The van der Waals surface area contributed by atoms with Gasteiger partial charge in [-0.1, -0.05) is 23.4 Å². The first kappa shape index (κ1) is 18.8. The molecule has 0 aliphatic rings. The fourth-order valence-corrected chi connectivity index (χ4v) is 3.65. The van der Waals surface area contributed by atoms with Gasteiger partial charge < -0.3 is 14.0 Å². The van der Waals surface area contributed by atoms with E-state index in [9.17, 15) is 9.59 Å². The van der Waals surface area contributed by atoms with E-state index in [-0.39, 0.29) is 17.1 Å². The Kier molecular flexibility index (Phi) is 5.09. The lowest BCUT2D eigenvalue weighted by molar-refractivity contribution is 0.0476. The van der Waals surface area contributed by atoms with Gasteiger partial charge >= 0.3 is 5.97 Å². The van der Waals surface area contributed by atoms with Gasteiger partial charge in [-0.2, -0.15) is 0 Å². The maximum Gasteiger partial charge on any atom is 0.339 e. The molecule has 0 radical (unpaired) electrons. The van der Waals surface area contributed by atoms with E-state index in [2.05, 4.69) is 10.1 Å². The van der Waals surface area contributed by atoms with Crippen molar-refractivity contribution in [1.29, 1.82) is 0 Å². The van der Waals surface area contributed by atoms with Crippen LogP contribution in [0.15, 0.2) is 52.4 Å². The summed E-state index contributed by atoms with van der Waals surface area (Å²) < 4.78 is 15.8. The number of esters is 1. The number of benzene rings is 1. The summed E-state index contributed by atoms with van der Waals surface area (Å²) in [6, 6.07) is 12.2. The zero-order chi connectivity index (χ0) is 20.4. The number of para-hydroxylation sites is 1. The average Bonchev–Trinajstić information content (AvgIpc) is 3.41. The molecular formula is C21H16N2O5S. The maximum atomic E-state index is 12.8. The van der Waals surface area contributed by atoms with Gasteiger partial charge in [0.2, 0.25) is 5.78 Å². The SMILES string of the molecule is COc1ccccc1C(=O)COC(=O)c1cc(-c2cccs2)nc2onc(C)c12. The summed E-state index contributed by atoms with van der Waals surface area (Å²) in [5, 5.41) is 6.29. The monoisotopic (exact) mass is 408 g/mol. The Morgan fingerprint density at radius 3 is 2.72 bits per heavy atom. The number of ether oxygens (including phenoxy) is 2. The topological polar surface area (TPSA) is 91.5 Å². The second-order valence-electron chi connectivity index (χ2n) is 6.18. The molecule has 146 valence electrons. The summed E-state index contributed by atoms with van der Waals surface area (Å²) in [5.74, 6) is -0.582. The molecule has 0 aliphatic heterocycles. The molecule has 0 fully saturated rings. The number of pyridine rings is 1. The molecule has 0 bridgehead atoms. The van der Waals surface area contributed by atoms with Crippen LogP contribution in [0, 0.1) is 6.92 Å². The van der Waals surface area contributed by atoms with Crippen LogP contribution < -0.4 is 4.74 Å². The van der Waals surface area contributed by atoms with E-state index < -0.39 is 12.6 Å². The molecule has 4 rings (SSSR count). The minimum Gasteiger partial charge on any atom is -0.496 e. The Hall–Kier alpha value is -3.52. The number of carbonyl (C=O) groups is 2. The Labute approximate surface area is 169 Å². The highest BCUT2D eigenvalue weighted by Crippen LogP contribution is 2.30. The lowest BCUT2D eigenvalue weighted by atomic mass is 10.1. The molecule has 7 nitrogen and oxygen atoms in total. The average molecular weight is 408 g/mol. The molecule has 1 aromatic carbocycles. The summed E-state index contributed by atoms with van der Waals surface area (Å²) >= 11 is 1.49. The lowest BCUT2D eigenvalue weighted by Gasteiger charge is -2.09. The van der Waals surface area contributed by atoms with Crippen molar-refractivity contribution in [2.75, 3.05) is 13.7 Å². The first-order valence-corrected chi connectivity index (χ1v) is 9.60. The quantitative estimate of drug-likeness (QED) is 0.347. The van der Waals surface area contributed by atoms with E-state index in [1.807, 2.05) is 17.5 Å². The number of nitrogens with zero attached hydrogens (tertiary/aromatic N) is 2. The molecule has 0 aliphatic carbocycles. The van der Waals surface area contributed by atoms with Gasteiger partial charge in [0.15, 0.2) is 6.61 Å². The molecular weight excluding hydrogens is 392 g/mol. The van der Waals surface area contributed by atoms with Crippen LogP contribution in [0.4, 0.5) is 0 Å². The standard InChI is InChI=1S/C21H16N2O5S/c1-12-19-14(10-15(18-8-5-9-29-18)22-20(19)28-23-12)21(25)27-11-16(24)13-6-3-4-7-17(13)26-2/h3-10H,11H2,1-2H3. The highest BCUT2D eigenvalue weighted by molar-refractivity contribution is 7.13. The van der Waals surface area contributed by atoms with E-state index in [1.54, 1.807) is 37.3 Å². The molecule has 0 N–H and O–H groups in total. The van der Waals surface area contributed by atoms with Crippen molar-refractivity contribution in [1.82, 2.24) is 10.1 Å². The Balaban J connectivity index is 1.63. The molecule has 0 atom stereocenters. The van der Waals surface area contributed by atoms with Crippen LogP contribution in [0.5, 0.6) is 5.75 Å². The fourth-order valence-electron chi connectivity index (χ4n) is 2.97. The van der Waals surface area contributed by atoms with E-state index in [0.717, 1.165) is 4.88 Å². The van der Waals surface area contributed by atoms with E-state index >= 15 is 0 Å². The second kappa shape index (κ2) is 7.84. The highest BCUT2D eigenvalue weighted by Gasteiger charge is 2.22. The number of carbonyl (C=O) groups excluding carboxylic acids is 2. The predicted octanol–water partition coefficient (Wildman–Crippen LogP) is 4.31. The summed E-state index contributed by atoms with van der Waals surface area (Å²) in [6.07, 6.45) is 0. The summed E-state index contributed by atoms with van der Waals surface area (Å²) in [6.45, 7) is 1.30. The van der Waals surface area contributed by atoms with Gasteiger partial charge in [-0.25, -0.2) is 9.78 Å². The molecule has 0 saturated carbocycles. The van der Waals surface area contributed by atoms with Gasteiger partial charge in [0.05, 0.1) is 39.9 Å². The van der Waals surface area contributed by atoms with Gasteiger partial charge in [0.1, 0.15) is 5.75 Å². The zero-order valence-corrected chi connectivity index (χ0v) is 16.5. The van der Waals surface area contributed by atoms with Crippen molar-refractivity contribution in [2.24, 2.45) is 0 Å². The molecule has 29 heavy (non-hydrogen) atoms. The van der Waals surface area contributed by atoms with Gasteiger partial charge in [-0.3, -0.25) is 4.79 Å². The van der Waals surface area contributed by atoms with Crippen molar-refractivity contribution < 1.29 is 23.6 Å². The minimum atomic E-state index is -0.648. The van der Waals surface area contributed by atoms with E-state index in [4.69, 9.17) is 14.0 Å². The number of rotatable bonds is 6. The van der Waals surface area contributed by atoms with Crippen LogP contribution in [0.2, 0.25) is 0 Å². The minimum absolute atomic E-state index is 0.247. The highest BCUT2D eigenvalue weighted by atomic mass is 32.1. The zero-order valence-electron chi connectivity index (χ0n) is 15.7. The van der Waals surface area contributed by atoms with Crippen molar-refractivity contribution in [3.63, 3.8) is 0 Å². The number of aromatic nitrogens is 2. The Bertz CT molecular complexity index is 1200. The van der Waals surface area contributed by atoms with Crippen LogP contribution in [-0.2, 0) is 4.74 Å². The predicted molar refractivity (Wildman–Crippen MR) is 107 cm³/mol. The van der Waals surface area contributed by atoms with Gasteiger partial charge in [0, 0.05) is 0 Å². The molecule has 8 heteroatoms. The number of Topliss-reactive ketones (excluding diaryl/α,β-unsaturated/α-hetero) is 1. The van der Waals surface area contributed by atoms with Gasteiger partial charge in [-0.05, 0) is 36.6 Å². The Morgan fingerprint density at radius 2 is 1.97 bits per heavy atom. The maximum absolute atomic E-state index is 12.8. The van der Waals surface area contributed by atoms with Crippen molar-refractivity contribution in [3.05, 3.63) is 64.7 Å². The van der Waals surface area contributed by atoms with Crippen LogP contribution in [0.3, 0.4) is 0 Å². The third-order valence-electron chi connectivity index (χ3n) is 4.35. The molecule has 3 aromatic heterocycles. The van der Waals surface area contributed by atoms with Crippen molar-refractivity contribution >= 4 is 34.2 Å². The molecule has 0 spiro atoms. The number of methoxy groups -OCH3 is 1. The summed E-state index contributed by atoms with van der Waals surface area (Å²) in [5.41, 5.74) is 1.95. The van der Waals surface area contributed by atoms with Crippen molar-refractivity contribution in [3.8, 4) is 16.3 Å². The number of fused-ring (bicyclic) bond motifs is 1. The fraction of sp³-hybridized carbons (Fsp3) is 0.143. The van der Waals surface area contributed by atoms with Crippen LogP contribution in [-0.4, -0.2) is 35.6 Å². The van der Waals surface area contributed by atoms with Crippen LogP contribution in [0.1, 0.15) is 26.4 Å². The first-order valence-electron chi connectivity index (χ1n) is 8.72. The van der Waals surface area contributed by atoms with Crippen molar-refractivity contribution in [2.45, 2.75) is 6.92 Å². The van der Waals surface area contributed by atoms with E-state index in [0.29, 0.717) is 28.1 Å². The summed E-state index contributed by atoms with van der Waals surface area (Å²) in [4.78, 5) is 30.6. The van der Waals surface area contributed by atoms with Crippen LogP contribution in [0.25, 0.3) is 21.7 Å². The summed E-state index contributed by atoms with van der Waals surface area (Å²) in [7, 11) is 1.48. The third-order valence-corrected chi connectivity index (χ3v) is 5.24. The third kappa shape index (κ3) is 3.62. The number of ketones is 1. The molecule has 0 saturated heterocycles. The molecule has 4 aromatic rings. The molecule has 3 heterocycles. The van der Waals surface area contributed by atoms with E-state index in [1.165, 1.54) is 18.4 Å². The number of hydrogen-bond acceptors (Lipinski definition) is 8. The van der Waals surface area contributed by atoms with Crippen LogP contribution >= 0.6 is 11.3 Å². The van der Waals surface area contributed by atoms with Gasteiger partial charge in [-0.15, -0.1) is 11.3 Å². The molecule has 0 amide bonds. The second-order valence-corrected chi connectivity index (χ2v) is 7.13.